The average molecular weight is 191 g/mol. The highest BCUT2D eigenvalue weighted by molar-refractivity contribution is 5.87. The van der Waals surface area contributed by atoms with Crippen molar-refractivity contribution in [2.24, 2.45) is 4.99 Å². The highest BCUT2D eigenvalue weighted by Crippen LogP contribution is 2.20. The van der Waals surface area contributed by atoms with Crippen LogP contribution in [0.25, 0.3) is 5.57 Å². The van der Waals surface area contributed by atoms with Crippen LogP contribution in [0.1, 0.15) is 5.56 Å². The largest absolute Gasteiger partial charge is 0.386 e. The number of allylic oxidation sites excluding steroid dienone is 1. The second-order valence-electron chi connectivity index (χ2n) is 3.16. The topological polar surface area (TPSA) is 32.6 Å². The van der Waals surface area contributed by atoms with Crippen LogP contribution in [0.3, 0.4) is 0 Å². The summed E-state index contributed by atoms with van der Waals surface area (Å²) in [4.78, 5) is 3.93. The van der Waals surface area contributed by atoms with E-state index in [9.17, 15) is 9.50 Å². The molecule has 2 rings (SSSR count). The number of aliphatic hydroxyl groups is 1. The zero-order valence-corrected chi connectivity index (χ0v) is 7.52. The third-order valence-corrected chi connectivity index (χ3v) is 2.17. The van der Waals surface area contributed by atoms with Gasteiger partial charge in [-0.2, -0.15) is 0 Å². The van der Waals surface area contributed by atoms with Crippen LogP contribution in [0.2, 0.25) is 0 Å². The summed E-state index contributed by atoms with van der Waals surface area (Å²) in [5, 5.41) is 9.62. The lowest BCUT2D eigenvalue weighted by Gasteiger charge is -2.15. The van der Waals surface area contributed by atoms with Crippen LogP contribution in [-0.4, -0.2) is 24.0 Å². The zero-order valence-electron chi connectivity index (χ0n) is 7.52. The molecule has 0 aromatic heterocycles. The van der Waals surface area contributed by atoms with Gasteiger partial charge in [0.25, 0.3) is 0 Å². The molecule has 0 saturated carbocycles. The number of halogens is 1. The number of hydrogen-bond acceptors (Lipinski definition) is 2. The normalized spacial score (nSPS) is 20.7. The standard InChI is InChI=1S/C11H10FNO/c12-9-3-1-8(2-4-9)10-5-6-13-7-11(10)14/h1-6,11,14H,7H2. The van der Waals surface area contributed by atoms with E-state index < -0.39 is 6.10 Å². The predicted molar refractivity (Wildman–Crippen MR) is 53.7 cm³/mol. The minimum Gasteiger partial charge on any atom is -0.386 e. The molecule has 0 aliphatic carbocycles. The predicted octanol–water partition coefficient (Wildman–Crippen LogP) is 1.65. The first kappa shape index (κ1) is 9.09. The van der Waals surface area contributed by atoms with E-state index in [1.54, 1.807) is 24.4 Å². The maximum atomic E-state index is 12.6. The second kappa shape index (κ2) is 3.72. The van der Waals surface area contributed by atoms with Gasteiger partial charge in [0.2, 0.25) is 0 Å². The van der Waals surface area contributed by atoms with E-state index in [0.717, 1.165) is 11.1 Å². The van der Waals surface area contributed by atoms with Gasteiger partial charge >= 0.3 is 0 Å². The molecule has 1 unspecified atom stereocenters. The van der Waals surface area contributed by atoms with E-state index in [1.807, 2.05) is 0 Å². The number of dihydropyridines is 1. The molecule has 1 heterocycles. The Balaban J connectivity index is 2.34. The lowest BCUT2D eigenvalue weighted by atomic mass is 9.99. The molecule has 1 aromatic rings. The summed E-state index contributed by atoms with van der Waals surface area (Å²) in [6.07, 6.45) is 2.83. The first-order chi connectivity index (χ1) is 6.77. The van der Waals surface area contributed by atoms with E-state index >= 15 is 0 Å². The van der Waals surface area contributed by atoms with Gasteiger partial charge in [0, 0.05) is 6.21 Å². The lowest BCUT2D eigenvalue weighted by Crippen LogP contribution is -2.16. The number of hydrogen-bond donors (Lipinski definition) is 1. The van der Waals surface area contributed by atoms with Gasteiger partial charge in [0.05, 0.1) is 12.6 Å². The van der Waals surface area contributed by atoms with Crippen molar-refractivity contribution < 1.29 is 9.50 Å². The van der Waals surface area contributed by atoms with Crippen LogP contribution in [0.4, 0.5) is 4.39 Å². The Hall–Kier alpha value is -1.48. The molecule has 1 aromatic carbocycles. The molecule has 0 fully saturated rings. The fourth-order valence-electron chi connectivity index (χ4n) is 1.43. The Kier molecular flexibility index (Phi) is 2.41. The molecule has 1 N–H and O–H groups in total. The molecule has 14 heavy (non-hydrogen) atoms. The van der Waals surface area contributed by atoms with Crippen molar-refractivity contribution in [2.75, 3.05) is 6.54 Å². The molecular formula is C11H10FNO. The molecule has 2 nitrogen and oxygen atoms in total. The third-order valence-electron chi connectivity index (χ3n) is 2.17. The first-order valence-electron chi connectivity index (χ1n) is 4.41. The summed E-state index contributed by atoms with van der Waals surface area (Å²) in [5.74, 6) is -0.270. The minimum atomic E-state index is -0.578. The van der Waals surface area contributed by atoms with Gasteiger partial charge < -0.3 is 5.11 Å². The first-order valence-corrected chi connectivity index (χ1v) is 4.41. The highest BCUT2D eigenvalue weighted by atomic mass is 19.1. The highest BCUT2D eigenvalue weighted by Gasteiger charge is 2.13. The van der Waals surface area contributed by atoms with Crippen molar-refractivity contribution in [3.05, 3.63) is 41.7 Å². The van der Waals surface area contributed by atoms with Crippen LogP contribution in [-0.2, 0) is 0 Å². The monoisotopic (exact) mass is 191 g/mol. The van der Waals surface area contributed by atoms with Gasteiger partial charge in [-0.1, -0.05) is 12.1 Å². The SMILES string of the molecule is OC1CN=CC=C1c1ccc(F)cc1. The Morgan fingerprint density at radius 1 is 1.29 bits per heavy atom. The summed E-state index contributed by atoms with van der Waals surface area (Å²) in [5.41, 5.74) is 1.63. The van der Waals surface area contributed by atoms with Crippen molar-refractivity contribution in [2.45, 2.75) is 6.10 Å². The molecule has 0 bridgehead atoms. The van der Waals surface area contributed by atoms with Gasteiger partial charge in [0.1, 0.15) is 5.82 Å². The number of rotatable bonds is 1. The zero-order chi connectivity index (χ0) is 9.97. The summed E-state index contributed by atoms with van der Waals surface area (Å²) >= 11 is 0. The summed E-state index contributed by atoms with van der Waals surface area (Å²) < 4.78 is 12.6. The summed E-state index contributed by atoms with van der Waals surface area (Å²) in [7, 11) is 0. The van der Waals surface area contributed by atoms with E-state index in [0.29, 0.717) is 6.54 Å². The number of aliphatic hydroxyl groups excluding tert-OH is 1. The van der Waals surface area contributed by atoms with Crippen LogP contribution in [0, 0.1) is 5.82 Å². The Labute approximate surface area is 81.4 Å². The molecule has 0 amide bonds. The molecule has 72 valence electrons. The third kappa shape index (κ3) is 1.72. The van der Waals surface area contributed by atoms with Gasteiger partial charge in [-0.15, -0.1) is 0 Å². The van der Waals surface area contributed by atoms with Gasteiger partial charge in [-0.25, -0.2) is 4.39 Å². The van der Waals surface area contributed by atoms with Crippen LogP contribution in [0.5, 0.6) is 0 Å². The molecule has 1 aliphatic heterocycles. The fraction of sp³-hybridized carbons (Fsp3) is 0.182. The Morgan fingerprint density at radius 3 is 2.64 bits per heavy atom. The Morgan fingerprint density at radius 2 is 2.00 bits per heavy atom. The van der Waals surface area contributed by atoms with Crippen LogP contribution < -0.4 is 0 Å². The number of nitrogens with zero attached hydrogens (tertiary/aromatic N) is 1. The molecule has 0 radical (unpaired) electrons. The van der Waals surface area contributed by atoms with E-state index in [2.05, 4.69) is 4.99 Å². The number of benzene rings is 1. The van der Waals surface area contributed by atoms with Crippen molar-refractivity contribution in [3.8, 4) is 0 Å². The van der Waals surface area contributed by atoms with E-state index in [4.69, 9.17) is 0 Å². The van der Waals surface area contributed by atoms with Crippen molar-refractivity contribution in [1.82, 2.24) is 0 Å². The van der Waals surface area contributed by atoms with Crippen LogP contribution in [0.15, 0.2) is 35.3 Å². The maximum absolute atomic E-state index is 12.6. The lowest BCUT2D eigenvalue weighted by molar-refractivity contribution is 0.240. The van der Waals surface area contributed by atoms with Crippen molar-refractivity contribution in [1.29, 1.82) is 0 Å². The second-order valence-corrected chi connectivity index (χ2v) is 3.16. The van der Waals surface area contributed by atoms with Crippen molar-refractivity contribution in [3.63, 3.8) is 0 Å². The van der Waals surface area contributed by atoms with Gasteiger partial charge in [-0.3, -0.25) is 4.99 Å². The minimum absolute atomic E-state index is 0.270. The summed E-state index contributed by atoms with van der Waals surface area (Å²) in [6.45, 7) is 0.378. The van der Waals surface area contributed by atoms with Crippen molar-refractivity contribution >= 4 is 11.8 Å². The molecule has 0 spiro atoms. The van der Waals surface area contributed by atoms with Gasteiger partial charge in [-0.05, 0) is 29.3 Å². The molecule has 3 heteroatoms. The molecule has 0 saturated heterocycles. The molecular weight excluding hydrogens is 181 g/mol. The average Bonchev–Trinajstić information content (AvgIpc) is 2.20. The fourth-order valence-corrected chi connectivity index (χ4v) is 1.43. The van der Waals surface area contributed by atoms with Crippen LogP contribution >= 0.6 is 0 Å². The quantitative estimate of drug-likeness (QED) is 0.719. The molecule has 1 atom stereocenters. The maximum Gasteiger partial charge on any atom is 0.123 e. The number of aliphatic imine (C=N–C) groups is 1. The van der Waals surface area contributed by atoms with E-state index in [1.165, 1.54) is 12.1 Å². The van der Waals surface area contributed by atoms with Gasteiger partial charge in [0.15, 0.2) is 0 Å². The Bertz CT molecular complexity index is 381. The molecule has 1 aliphatic rings. The van der Waals surface area contributed by atoms with E-state index in [-0.39, 0.29) is 5.82 Å². The summed E-state index contributed by atoms with van der Waals surface area (Å²) in [6, 6.07) is 6.08. The smallest absolute Gasteiger partial charge is 0.123 e.